The lowest BCUT2D eigenvalue weighted by molar-refractivity contribution is 0.475. The average molecular weight is 195 g/mol. The first-order valence-corrected chi connectivity index (χ1v) is 5.25. The van der Waals surface area contributed by atoms with Crippen LogP contribution in [0, 0.1) is 0 Å². The second-order valence-corrected chi connectivity index (χ2v) is 3.18. The Morgan fingerprint density at radius 3 is 2.07 bits per heavy atom. The van der Waals surface area contributed by atoms with Gasteiger partial charge in [0.15, 0.2) is 0 Å². The van der Waals surface area contributed by atoms with Gasteiger partial charge in [-0.25, -0.2) is 0 Å². The minimum Gasteiger partial charge on any atom is -0.508 e. The van der Waals surface area contributed by atoms with E-state index in [-0.39, 0.29) is 0 Å². The summed E-state index contributed by atoms with van der Waals surface area (Å²) in [5.74, 6) is 0.322. The number of para-hydroxylation sites is 1. The van der Waals surface area contributed by atoms with Crippen molar-refractivity contribution >= 4 is 0 Å². The average Bonchev–Trinajstić information content (AvgIpc) is 2.21. The van der Waals surface area contributed by atoms with Crippen molar-refractivity contribution in [3.8, 4) is 5.75 Å². The minimum absolute atomic E-state index is 0.322. The fourth-order valence-electron chi connectivity index (χ4n) is 0.999. The van der Waals surface area contributed by atoms with Crippen LogP contribution in [0.4, 0.5) is 0 Å². The van der Waals surface area contributed by atoms with E-state index in [4.69, 9.17) is 10.8 Å². The van der Waals surface area contributed by atoms with Gasteiger partial charge in [0.2, 0.25) is 0 Å². The van der Waals surface area contributed by atoms with E-state index in [1.807, 2.05) is 6.07 Å². The van der Waals surface area contributed by atoms with Crippen molar-refractivity contribution in [3.63, 3.8) is 0 Å². The van der Waals surface area contributed by atoms with E-state index in [1.165, 1.54) is 25.7 Å². The Morgan fingerprint density at radius 2 is 1.71 bits per heavy atom. The second kappa shape index (κ2) is 10.1. The Balaban J connectivity index is 0.000000241. The van der Waals surface area contributed by atoms with Crippen LogP contribution < -0.4 is 5.73 Å². The predicted molar refractivity (Wildman–Crippen MR) is 61.3 cm³/mol. The van der Waals surface area contributed by atoms with Gasteiger partial charge < -0.3 is 10.8 Å². The molecule has 14 heavy (non-hydrogen) atoms. The molecule has 1 aromatic carbocycles. The fourth-order valence-corrected chi connectivity index (χ4v) is 0.999. The van der Waals surface area contributed by atoms with Gasteiger partial charge in [-0.3, -0.25) is 0 Å². The summed E-state index contributed by atoms with van der Waals surface area (Å²) in [7, 11) is 0. The molecule has 0 aromatic heterocycles. The van der Waals surface area contributed by atoms with Gasteiger partial charge in [0.25, 0.3) is 0 Å². The topological polar surface area (TPSA) is 46.2 Å². The molecule has 0 amide bonds. The minimum atomic E-state index is 0.322. The number of hydrogen-bond donors (Lipinski definition) is 2. The van der Waals surface area contributed by atoms with Crippen LogP contribution in [0.1, 0.15) is 32.6 Å². The Hall–Kier alpha value is -1.02. The van der Waals surface area contributed by atoms with Gasteiger partial charge in [0, 0.05) is 0 Å². The molecule has 0 heterocycles. The van der Waals surface area contributed by atoms with Gasteiger partial charge in [0.1, 0.15) is 5.75 Å². The molecule has 1 aromatic rings. The quantitative estimate of drug-likeness (QED) is 0.726. The number of phenolic OH excluding ortho intramolecular Hbond substituents is 1. The first kappa shape index (κ1) is 13.0. The van der Waals surface area contributed by atoms with Gasteiger partial charge in [-0.2, -0.15) is 0 Å². The Bertz CT molecular complexity index is 195. The molecule has 0 bridgehead atoms. The monoisotopic (exact) mass is 195 g/mol. The number of rotatable bonds is 4. The molecule has 0 saturated heterocycles. The molecule has 3 N–H and O–H groups in total. The third-order valence-corrected chi connectivity index (χ3v) is 1.81. The third kappa shape index (κ3) is 9.07. The van der Waals surface area contributed by atoms with Crippen LogP contribution in [0.2, 0.25) is 0 Å². The van der Waals surface area contributed by atoms with Crippen LogP contribution in [0.3, 0.4) is 0 Å². The van der Waals surface area contributed by atoms with Crippen molar-refractivity contribution in [1.82, 2.24) is 0 Å². The van der Waals surface area contributed by atoms with Crippen molar-refractivity contribution in [3.05, 3.63) is 30.3 Å². The highest BCUT2D eigenvalue weighted by Gasteiger charge is 1.80. The zero-order chi connectivity index (χ0) is 10.6. The van der Waals surface area contributed by atoms with E-state index in [2.05, 4.69) is 6.92 Å². The van der Waals surface area contributed by atoms with E-state index < -0.39 is 0 Å². The van der Waals surface area contributed by atoms with Gasteiger partial charge in [-0.05, 0) is 25.1 Å². The molecule has 0 aliphatic carbocycles. The molecule has 0 fully saturated rings. The van der Waals surface area contributed by atoms with Crippen LogP contribution in [-0.2, 0) is 0 Å². The summed E-state index contributed by atoms with van der Waals surface area (Å²) in [6, 6.07) is 8.71. The smallest absolute Gasteiger partial charge is 0.115 e. The number of phenols is 1. The molecule has 80 valence electrons. The highest BCUT2D eigenvalue weighted by Crippen LogP contribution is 2.02. The molecule has 2 heteroatoms. The first-order chi connectivity index (χ1) is 6.81. The lowest BCUT2D eigenvalue weighted by Crippen LogP contribution is -1.97. The van der Waals surface area contributed by atoms with Gasteiger partial charge >= 0.3 is 0 Å². The van der Waals surface area contributed by atoms with Crippen LogP contribution in [-0.4, -0.2) is 11.7 Å². The van der Waals surface area contributed by atoms with E-state index in [9.17, 15) is 0 Å². The number of benzene rings is 1. The summed E-state index contributed by atoms with van der Waals surface area (Å²) >= 11 is 0. The third-order valence-electron chi connectivity index (χ3n) is 1.81. The Morgan fingerprint density at radius 1 is 1.07 bits per heavy atom. The lowest BCUT2D eigenvalue weighted by Gasteiger charge is -1.90. The Labute approximate surface area is 86.8 Å². The SMILES string of the molecule is CCCCCCN.Oc1ccccc1. The number of hydrogen-bond acceptors (Lipinski definition) is 2. The van der Waals surface area contributed by atoms with Crippen LogP contribution >= 0.6 is 0 Å². The molecule has 0 radical (unpaired) electrons. The number of unbranched alkanes of at least 4 members (excludes halogenated alkanes) is 3. The predicted octanol–water partition coefficient (Wildman–Crippen LogP) is 2.92. The number of nitrogens with two attached hydrogens (primary N) is 1. The summed E-state index contributed by atoms with van der Waals surface area (Å²) in [6.07, 6.45) is 5.16. The Kier molecular flexibility index (Phi) is 9.33. The first-order valence-electron chi connectivity index (χ1n) is 5.25. The van der Waals surface area contributed by atoms with Gasteiger partial charge in [-0.1, -0.05) is 44.4 Å². The zero-order valence-corrected chi connectivity index (χ0v) is 8.95. The molecular formula is C12H21NO. The normalized spacial score (nSPS) is 9.00. The van der Waals surface area contributed by atoms with Crippen molar-refractivity contribution in [2.75, 3.05) is 6.54 Å². The molecule has 0 saturated carbocycles. The van der Waals surface area contributed by atoms with E-state index >= 15 is 0 Å². The maximum Gasteiger partial charge on any atom is 0.115 e. The van der Waals surface area contributed by atoms with Crippen LogP contribution in [0.25, 0.3) is 0 Å². The summed E-state index contributed by atoms with van der Waals surface area (Å²) in [5, 5.41) is 8.63. The van der Waals surface area contributed by atoms with E-state index in [0.29, 0.717) is 5.75 Å². The standard InChI is InChI=1S/C6H15N.C6H6O/c1-2-3-4-5-6-7;7-6-4-2-1-3-5-6/h2-7H2,1H3;1-5,7H. The molecule has 1 rings (SSSR count). The summed E-state index contributed by atoms with van der Waals surface area (Å²) in [4.78, 5) is 0. The van der Waals surface area contributed by atoms with E-state index in [0.717, 1.165) is 6.54 Å². The van der Waals surface area contributed by atoms with Crippen molar-refractivity contribution < 1.29 is 5.11 Å². The van der Waals surface area contributed by atoms with Crippen molar-refractivity contribution in [2.45, 2.75) is 32.6 Å². The molecule has 2 nitrogen and oxygen atoms in total. The summed E-state index contributed by atoms with van der Waals surface area (Å²) in [5.41, 5.74) is 5.27. The second-order valence-electron chi connectivity index (χ2n) is 3.18. The molecule has 0 atom stereocenters. The highest BCUT2D eigenvalue weighted by atomic mass is 16.3. The van der Waals surface area contributed by atoms with Gasteiger partial charge in [-0.15, -0.1) is 0 Å². The van der Waals surface area contributed by atoms with Crippen LogP contribution in [0.15, 0.2) is 30.3 Å². The number of aromatic hydroxyl groups is 1. The molecule has 0 unspecified atom stereocenters. The van der Waals surface area contributed by atoms with Crippen LogP contribution in [0.5, 0.6) is 5.75 Å². The molecule has 0 spiro atoms. The zero-order valence-electron chi connectivity index (χ0n) is 8.95. The summed E-state index contributed by atoms with van der Waals surface area (Å²) in [6.45, 7) is 3.07. The van der Waals surface area contributed by atoms with Gasteiger partial charge in [0.05, 0.1) is 0 Å². The largest absolute Gasteiger partial charge is 0.508 e. The molecule has 0 aliphatic heterocycles. The molecular weight excluding hydrogens is 174 g/mol. The maximum atomic E-state index is 8.63. The fraction of sp³-hybridized carbons (Fsp3) is 0.500. The maximum absolute atomic E-state index is 8.63. The summed E-state index contributed by atoms with van der Waals surface area (Å²) < 4.78 is 0. The van der Waals surface area contributed by atoms with Crippen molar-refractivity contribution in [2.24, 2.45) is 5.73 Å². The lowest BCUT2D eigenvalue weighted by atomic mass is 10.2. The molecule has 0 aliphatic rings. The van der Waals surface area contributed by atoms with E-state index in [1.54, 1.807) is 24.3 Å². The highest BCUT2D eigenvalue weighted by molar-refractivity contribution is 5.18. The van der Waals surface area contributed by atoms with Crippen molar-refractivity contribution in [1.29, 1.82) is 0 Å².